The Kier molecular flexibility index (Phi) is 4.21. The van der Waals surface area contributed by atoms with Gasteiger partial charge in [0.1, 0.15) is 6.04 Å². The Morgan fingerprint density at radius 2 is 2.36 bits per heavy atom. The molecule has 0 aromatic carbocycles. The molecule has 5 nitrogen and oxygen atoms in total. The van der Waals surface area contributed by atoms with Crippen LogP contribution in [0.15, 0.2) is 0 Å². The van der Waals surface area contributed by atoms with Crippen LogP contribution in [0.1, 0.15) is 6.92 Å². The summed E-state index contributed by atoms with van der Waals surface area (Å²) in [5, 5.41) is 0. The maximum Gasteiger partial charge on any atom is 0.325 e. The summed E-state index contributed by atoms with van der Waals surface area (Å²) in [4.78, 5) is 11.3. The molecule has 14 heavy (non-hydrogen) atoms. The Morgan fingerprint density at radius 1 is 1.64 bits per heavy atom. The second-order valence-corrected chi connectivity index (χ2v) is 5.84. The van der Waals surface area contributed by atoms with Crippen LogP contribution in [0.25, 0.3) is 0 Å². The summed E-state index contributed by atoms with van der Waals surface area (Å²) >= 11 is 1.44. The van der Waals surface area contributed by atoms with Crippen LogP contribution in [0.3, 0.4) is 0 Å². The van der Waals surface area contributed by atoms with Gasteiger partial charge < -0.3 is 4.74 Å². The molecule has 1 rings (SSSR count). The number of hydrogen-bond donors (Lipinski definition) is 1. The number of carbonyl (C=O) groups excluding carboxylic acids is 1. The quantitative estimate of drug-likeness (QED) is 0.663. The van der Waals surface area contributed by atoms with E-state index < -0.39 is 22.0 Å². The molecular formula is C7H13NO4S2. The molecule has 0 radical (unpaired) electrons. The Hall–Kier alpha value is -0.270. The van der Waals surface area contributed by atoms with E-state index in [-0.39, 0.29) is 12.4 Å². The molecule has 0 aromatic rings. The maximum absolute atomic E-state index is 11.3. The Balaban J connectivity index is 2.64. The van der Waals surface area contributed by atoms with Crippen LogP contribution in [0.2, 0.25) is 0 Å². The third kappa shape index (κ3) is 3.47. The molecule has 7 heteroatoms. The number of esters is 1. The number of nitrogens with one attached hydrogen (secondary N) is 1. The van der Waals surface area contributed by atoms with Crippen LogP contribution < -0.4 is 4.72 Å². The van der Waals surface area contributed by atoms with Crippen molar-refractivity contribution in [2.45, 2.75) is 13.0 Å². The lowest BCUT2D eigenvalue weighted by molar-refractivity contribution is -0.144. The van der Waals surface area contributed by atoms with Crippen LogP contribution in [-0.2, 0) is 19.6 Å². The molecule has 1 saturated heterocycles. The normalized spacial score (nSPS) is 26.5. The summed E-state index contributed by atoms with van der Waals surface area (Å²) in [5.74, 6) is 0.530. The van der Waals surface area contributed by atoms with Gasteiger partial charge in [0.2, 0.25) is 10.0 Å². The van der Waals surface area contributed by atoms with Crippen molar-refractivity contribution in [3.05, 3.63) is 0 Å². The van der Waals surface area contributed by atoms with E-state index in [1.54, 1.807) is 6.92 Å². The van der Waals surface area contributed by atoms with Crippen LogP contribution in [0.5, 0.6) is 0 Å². The summed E-state index contributed by atoms with van der Waals surface area (Å²) in [5.41, 5.74) is 0. The highest BCUT2D eigenvalue weighted by Gasteiger charge is 2.28. The number of hydrogen-bond acceptors (Lipinski definition) is 5. The highest BCUT2D eigenvalue weighted by Crippen LogP contribution is 2.11. The average molecular weight is 239 g/mol. The smallest absolute Gasteiger partial charge is 0.325 e. The topological polar surface area (TPSA) is 72.5 Å². The number of thioether (sulfide) groups is 1. The molecule has 1 aliphatic heterocycles. The van der Waals surface area contributed by atoms with Crippen molar-refractivity contribution in [3.63, 3.8) is 0 Å². The van der Waals surface area contributed by atoms with Gasteiger partial charge in [-0.1, -0.05) is 0 Å². The monoisotopic (exact) mass is 239 g/mol. The van der Waals surface area contributed by atoms with Gasteiger partial charge in [-0.05, 0) is 6.92 Å². The van der Waals surface area contributed by atoms with Gasteiger partial charge in [-0.2, -0.15) is 11.8 Å². The molecule has 0 bridgehead atoms. The molecule has 1 heterocycles. The first-order valence-electron chi connectivity index (χ1n) is 4.29. The highest BCUT2D eigenvalue weighted by molar-refractivity contribution is 8.00. The van der Waals surface area contributed by atoms with E-state index in [9.17, 15) is 13.2 Å². The molecule has 0 amide bonds. The predicted octanol–water partition coefficient (Wildman–Crippen LogP) is -0.416. The lowest BCUT2D eigenvalue weighted by Crippen LogP contribution is -2.42. The molecule has 1 fully saturated rings. The predicted molar refractivity (Wildman–Crippen MR) is 54.7 cm³/mol. The van der Waals surface area contributed by atoms with Crippen molar-refractivity contribution in [1.82, 2.24) is 4.72 Å². The zero-order chi connectivity index (χ0) is 10.6. The van der Waals surface area contributed by atoms with E-state index in [0.29, 0.717) is 11.5 Å². The average Bonchev–Trinajstić information content (AvgIpc) is 2.27. The van der Waals surface area contributed by atoms with Crippen LogP contribution in [0.4, 0.5) is 0 Å². The first-order valence-corrected chi connectivity index (χ1v) is 7.10. The summed E-state index contributed by atoms with van der Waals surface area (Å²) in [6, 6.07) is -0.729. The summed E-state index contributed by atoms with van der Waals surface area (Å²) in [6.45, 7) is 1.96. The van der Waals surface area contributed by atoms with Crippen molar-refractivity contribution in [2.75, 3.05) is 23.9 Å². The Labute approximate surface area is 87.6 Å². The number of carbonyl (C=O) groups is 1. The van der Waals surface area contributed by atoms with Gasteiger partial charge in [0, 0.05) is 11.5 Å². The van der Waals surface area contributed by atoms with E-state index in [1.165, 1.54) is 11.8 Å². The zero-order valence-corrected chi connectivity index (χ0v) is 9.49. The SMILES string of the molecule is CCOC(=O)[C@@H]1CSCCS(=O)(=O)N1. The Bertz CT molecular complexity index is 301. The van der Waals surface area contributed by atoms with Gasteiger partial charge in [0.25, 0.3) is 0 Å². The summed E-state index contributed by atoms with van der Waals surface area (Å²) in [6.07, 6.45) is 0. The van der Waals surface area contributed by atoms with Gasteiger partial charge in [-0.15, -0.1) is 0 Å². The minimum atomic E-state index is -3.30. The fourth-order valence-electron chi connectivity index (χ4n) is 1.04. The van der Waals surface area contributed by atoms with Gasteiger partial charge in [-0.25, -0.2) is 13.1 Å². The first-order chi connectivity index (χ1) is 6.55. The van der Waals surface area contributed by atoms with E-state index in [4.69, 9.17) is 4.74 Å². The lowest BCUT2D eigenvalue weighted by atomic mass is 10.4. The Morgan fingerprint density at radius 3 is 3.00 bits per heavy atom. The third-order valence-corrected chi connectivity index (χ3v) is 4.38. The maximum atomic E-state index is 11.3. The van der Waals surface area contributed by atoms with E-state index in [2.05, 4.69) is 4.72 Å². The van der Waals surface area contributed by atoms with E-state index >= 15 is 0 Å². The second-order valence-electron chi connectivity index (χ2n) is 2.82. The minimum absolute atomic E-state index is 0.0631. The molecule has 0 aromatic heterocycles. The summed E-state index contributed by atoms with van der Waals surface area (Å²) < 4.78 is 29.6. The molecule has 0 aliphatic carbocycles. The number of ether oxygens (including phenoxy) is 1. The van der Waals surface area contributed by atoms with Gasteiger partial charge in [-0.3, -0.25) is 4.79 Å². The molecule has 0 spiro atoms. The number of rotatable bonds is 2. The molecule has 0 unspecified atom stereocenters. The summed E-state index contributed by atoms with van der Waals surface area (Å²) in [7, 11) is -3.30. The van der Waals surface area contributed by atoms with Crippen molar-refractivity contribution < 1.29 is 17.9 Å². The van der Waals surface area contributed by atoms with Crippen molar-refractivity contribution >= 4 is 27.8 Å². The molecule has 1 aliphatic rings. The molecule has 1 atom stereocenters. The largest absolute Gasteiger partial charge is 0.465 e. The molecule has 1 N–H and O–H groups in total. The standard InChI is InChI=1S/C7H13NO4S2/c1-2-12-7(9)6-5-13-3-4-14(10,11)8-6/h6,8H,2-5H2,1H3/t6-/m0/s1. The number of sulfonamides is 1. The van der Waals surface area contributed by atoms with Gasteiger partial charge in [0.05, 0.1) is 12.4 Å². The molecule has 82 valence electrons. The van der Waals surface area contributed by atoms with Crippen molar-refractivity contribution in [1.29, 1.82) is 0 Å². The van der Waals surface area contributed by atoms with Gasteiger partial charge in [0.15, 0.2) is 0 Å². The van der Waals surface area contributed by atoms with E-state index in [0.717, 1.165) is 0 Å². The minimum Gasteiger partial charge on any atom is -0.465 e. The molecular weight excluding hydrogens is 226 g/mol. The highest BCUT2D eigenvalue weighted by atomic mass is 32.2. The first kappa shape index (κ1) is 11.8. The van der Waals surface area contributed by atoms with E-state index in [1.807, 2.05) is 0 Å². The van der Waals surface area contributed by atoms with Crippen LogP contribution in [-0.4, -0.2) is 44.3 Å². The zero-order valence-electron chi connectivity index (χ0n) is 7.86. The lowest BCUT2D eigenvalue weighted by Gasteiger charge is -2.12. The third-order valence-electron chi connectivity index (χ3n) is 1.67. The van der Waals surface area contributed by atoms with Crippen LogP contribution >= 0.6 is 11.8 Å². The van der Waals surface area contributed by atoms with Gasteiger partial charge >= 0.3 is 5.97 Å². The fourth-order valence-corrected chi connectivity index (χ4v) is 3.85. The van der Waals surface area contributed by atoms with Crippen LogP contribution in [0, 0.1) is 0 Å². The second kappa shape index (κ2) is 4.99. The van der Waals surface area contributed by atoms with Crippen molar-refractivity contribution in [2.24, 2.45) is 0 Å². The van der Waals surface area contributed by atoms with Crippen molar-refractivity contribution in [3.8, 4) is 0 Å². The molecule has 0 saturated carbocycles. The fraction of sp³-hybridized carbons (Fsp3) is 0.857.